The molecule has 0 rings (SSSR count). The van der Waals surface area contributed by atoms with Crippen LogP contribution in [-0.2, 0) is 4.79 Å². The molecule has 0 heterocycles. The Morgan fingerprint density at radius 3 is 2.27 bits per heavy atom. The molecule has 2 N–H and O–H groups in total. The molecule has 0 aromatic rings. The molecule has 11 heavy (non-hydrogen) atoms. The van der Waals surface area contributed by atoms with E-state index in [1.165, 1.54) is 6.92 Å². The summed E-state index contributed by atoms with van der Waals surface area (Å²) < 4.78 is 0. The first-order valence-electron chi connectivity index (χ1n) is 3.71. The number of allylic oxidation sites excluding steroid dienone is 1. The van der Waals surface area contributed by atoms with Gasteiger partial charge in [-0.25, -0.2) is 4.79 Å². The highest BCUT2D eigenvalue weighted by Gasteiger charge is 2.06. The van der Waals surface area contributed by atoms with Crippen molar-refractivity contribution < 1.29 is 15.0 Å². The van der Waals surface area contributed by atoms with E-state index in [0.717, 1.165) is 12.8 Å². The Morgan fingerprint density at radius 1 is 1.36 bits per heavy atom. The Labute approximate surface area is 66.4 Å². The van der Waals surface area contributed by atoms with Crippen molar-refractivity contribution >= 4 is 5.97 Å². The molecule has 3 nitrogen and oxygen atoms in total. The number of rotatable bonds is 4. The van der Waals surface area contributed by atoms with Crippen LogP contribution in [0.15, 0.2) is 11.3 Å². The van der Waals surface area contributed by atoms with E-state index in [2.05, 4.69) is 0 Å². The lowest BCUT2D eigenvalue weighted by Crippen LogP contribution is -2.00. The fourth-order valence-electron chi connectivity index (χ4n) is 0.655. The molecule has 0 unspecified atom stereocenters. The van der Waals surface area contributed by atoms with Gasteiger partial charge in [0.15, 0.2) is 0 Å². The molecular formula is C8H14O3. The van der Waals surface area contributed by atoms with E-state index < -0.39 is 5.97 Å². The summed E-state index contributed by atoms with van der Waals surface area (Å²) in [6.45, 7) is 3.40. The lowest BCUT2D eigenvalue weighted by atomic mass is 10.1. The first kappa shape index (κ1) is 10.0. The quantitative estimate of drug-likeness (QED) is 0.486. The Balaban J connectivity index is 4.05. The van der Waals surface area contributed by atoms with Gasteiger partial charge in [0, 0.05) is 6.42 Å². The third kappa shape index (κ3) is 3.65. The van der Waals surface area contributed by atoms with Gasteiger partial charge < -0.3 is 10.2 Å². The Hall–Kier alpha value is -0.990. The van der Waals surface area contributed by atoms with E-state index in [-0.39, 0.29) is 11.3 Å². The second-order valence-corrected chi connectivity index (χ2v) is 2.48. The number of hydrogen-bond donors (Lipinski definition) is 2. The Bertz CT molecular complexity index is 170. The number of carboxylic acids is 1. The topological polar surface area (TPSA) is 57.5 Å². The van der Waals surface area contributed by atoms with Crippen molar-refractivity contribution in [3.8, 4) is 0 Å². The number of unbranched alkanes of at least 4 members (excludes halogenated alkanes) is 1. The van der Waals surface area contributed by atoms with Gasteiger partial charge in [0.25, 0.3) is 0 Å². The van der Waals surface area contributed by atoms with Gasteiger partial charge in [0.2, 0.25) is 0 Å². The van der Waals surface area contributed by atoms with Crippen molar-refractivity contribution in [2.24, 2.45) is 0 Å². The molecule has 0 aromatic heterocycles. The van der Waals surface area contributed by atoms with Crippen LogP contribution in [-0.4, -0.2) is 16.2 Å². The van der Waals surface area contributed by atoms with Crippen molar-refractivity contribution in [3.63, 3.8) is 0 Å². The number of hydrogen-bond acceptors (Lipinski definition) is 2. The standard InChI is InChI=1S/C8H14O3/c1-3-4-5-7(9)6(2)8(10)11/h9H,3-5H2,1-2H3,(H,10,11). The summed E-state index contributed by atoms with van der Waals surface area (Å²) in [7, 11) is 0. The smallest absolute Gasteiger partial charge is 0.334 e. The summed E-state index contributed by atoms with van der Waals surface area (Å²) in [4.78, 5) is 10.3. The van der Waals surface area contributed by atoms with Crippen LogP contribution in [0, 0.1) is 0 Å². The third-order valence-corrected chi connectivity index (χ3v) is 1.52. The Kier molecular flexibility index (Phi) is 4.34. The van der Waals surface area contributed by atoms with Gasteiger partial charge in [0.05, 0.1) is 5.57 Å². The zero-order chi connectivity index (χ0) is 8.85. The van der Waals surface area contributed by atoms with E-state index >= 15 is 0 Å². The van der Waals surface area contributed by atoms with Gasteiger partial charge >= 0.3 is 5.97 Å². The second-order valence-electron chi connectivity index (χ2n) is 2.48. The molecule has 64 valence electrons. The third-order valence-electron chi connectivity index (χ3n) is 1.52. The first-order valence-corrected chi connectivity index (χ1v) is 3.71. The molecule has 0 saturated carbocycles. The minimum Gasteiger partial charge on any atom is -0.512 e. The van der Waals surface area contributed by atoms with Gasteiger partial charge in [-0.15, -0.1) is 0 Å². The summed E-state index contributed by atoms with van der Waals surface area (Å²) in [6, 6.07) is 0. The van der Waals surface area contributed by atoms with Crippen molar-refractivity contribution in [3.05, 3.63) is 11.3 Å². The maximum atomic E-state index is 10.3. The predicted molar refractivity (Wildman–Crippen MR) is 42.5 cm³/mol. The van der Waals surface area contributed by atoms with E-state index in [9.17, 15) is 4.79 Å². The molecule has 0 atom stereocenters. The largest absolute Gasteiger partial charge is 0.512 e. The SMILES string of the molecule is CCCCC(O)=C(C)C(=O)O. The maximum Gasteiger partial charge on any atom is 0.334 e. The molecule has 0 spiro atoms. The van der Waals surface area contributed by atoms with Gasteiger partial charge in [0.1, 0.15) is 5.76 Å². The van der Waals surface area contributed by atoms with E-state index in [0.29, 0.717) is 6.42 Å². The minimum atomic E-state index is -1.04. The van der Waals surface area contributed by atoms with E-state index in [1.54, 1.807) is 0 Å². The highest BCUT2D eigenvalue weighted by molar-refractivity contribution is 5.86. The van der Waals surface area contributed by atoms with Crippen molar-refractivity contribution in [2.45, 2.75) is 33.1 Å². The van der Waals surface area contributed by atoms with Crippen LogP contribution in [0.2, 0.25) is 0 Å². The summed E-state index contributed by atoms with van der Waals surface area (Å²) >= 11 is 0. The van der Waals surface area contributed by atoms with Gasteiger partial charge in [-0.1, -0.05) is 13.3 Å². The van der Waals surface area contributed by atoms with Gasteiger partial charge in [-0.3, -0.25) is 0 Å². The molecule has 0 saturated heterocycles. The number of aliphatic hydroxyl groups is 1. The predicted octanol–water partition coefficient (Wildman–Crippen LogP) is 2.09. The van der Waals surface area contributed by atoms with E-state index in [4.69, 9.17) is 10.2 Å². The molecule has 0 aliphatic carbocycles. The maximum absolute atomic E-state index is 10.3. The van der Waals surface area contributed by atoms with Gasteiger partial charge in [-0.05, 0) is 13.3 Å². The summed E-state index contributed by atoms with van der Waals surface area (Å²) in [5, 5.41) is 17.6. The molecule has 0 aromatic carbocycles. The molecular weight excluding hydrogens is 144 g/mol. The average molecular weight is 158 g/mol. The second kappa shape index (κ2) is 4.77. The molecule has 0 amide bonds. The van der Waals surface area contributed by atoms with Crippen LogP contribution in [0.25, 0.3) is 0 Å². The number of carboxylic acid groups (broad SMARTS) is 1. The molecule has 0 aliphatic rings. The van der Waals surface area contributed by atoms with Gasteiger partial charge in [-0.2, -0.15) is 0 Å². The zero-order valence-corrected chi connectivity index (χ0v) is 6.92. The lowest BCUT2D eigenvalue weighted by Gasteiger charge is -2.00. The van der Waals surface area contributed by atoms with E-state index in [1.807, 2.05) is 6.92 Å². The highest BCUT2D eigenvalue weighted by Crippen LogP contribution is 2.08. The number of aliphatic hydroxyl groups excluding tert-OH is 1. The van der Waals surface area contributed by atoms with Crippen molar-refractivity contribution in [2.75, 3.05) is 0 Å². The molecule has 0 fully saturated rings. The van der Waals surface area contributed by atoms with Crippen LogP contribution >= 0.6 is 0 Å². The van der Waals surface area contributed by atoms with Crippen LogP contribution in [0.4, 0.5) is 0 Å². The summed E-state index contributed by atoms with van der Waals surface area (Å²) in [5.74, 6) is -1.04. The lowest BCUT2D eigenvalue weighted by molar-refractivity contribution is -0.132. The monoisotopic (exact) mass is 158 g/mol. The van der Waals surface area contributed by atoms with Crippen molar-refractivity contribution in [1.82, 2.24) is 0 Å². The normalized spacial score (nSPS) is 12.5. The van der Waals surface area contributed by atoms with Crippen LogP contribution in [0.3, 0.4) is 0 Å². The first-order chi connectivity index (χ1) is 5.09. The molecule has 3 heteroatoms. The summed E-state index contributed by atoms with van der Waals surface area (Å²) in [5.41, 5.74) is 0.0541. The molecule has 0 aliphatic heterocycles. The van der Waals surface area contributed by atoms with Crippen LogP contribution in [0.5, 0.6) is 0 Å². The van der Waals surface area contributed by atoms with Crippen LogP contribution < -0.4 is 0 Å². The molecule has 0 bridgehead atoms. The minimum absolute atomic E-state index is 0.000602. The summed E-state index contributed by atoms with van der Waals surface area (Å²) in [6.07, 6.45) is 2.25. The number of aliphatic carboxylic acids is 1. The fourth-order valence-corrected chi connectivity index (χ4v) is 0.655. The zero-order valence-electron chi connectivity index (χ0n) is 6.92. The van der Waals surface area contributed by atoms with Crippen molar-refractivity contribution in [1.29, 1.82) is 0 Å². The van der Waals surface area contributed by atoms with Crippen LogP contribution in [0.1, 0.15) is 33.1 Å². The fraction of sp³-hybridized carbons (Fsp3) is 0.625. The average Bonchev–Trinajstić information content (AvgIpc) is 1.98. The number of carbonyl (C=O) groups is 1. The Morgan fingerprint density at radius 2 is 1.91 bits per heavy atom. The highest BCUT2D eigenvalue weighted by atomic mass is 16.4. The molecule has 0 radical (unpaired) electrons.